The second-order valence-corrected chi connectivity index (χ2v) is 6.09. The van der Waals surface area contributed by atoms with Crippen LogP contribution in [0.25, 0.3) is 0 Å². The number of quaternary nitrogens is 1. The summed E-state index contributed by atoms with van der Waals surface area (Å²) >= 11 is 0. The van der Waals surface area contributed by atoms with E-state index in [-0.39, 0.29) is 6.61 Å². The molecule has 0 radical (unpaired) electrons. The van der Waals surface area contributed by atoms with Crippen molar-refractivity contribution in [2.24, 2.45) is 5.92 Å². The number of piperidine rings is 1. The minimum atomic E-state index is -0.488. The van der Waals surface area contributed by atoms with E-state index in [1.54, 1.807) is 14.2 Å². The molecule has 124 valence electrons. The zero-order valence-electron chi connectivity index (χ0n) is 13.8. The SMILES string of the molecule is COc1cccc(OC)c1OC[C@@H](O)C[NH+]1CCC(C)CC1. The van der Waals surface area contributed by atoms with E-state index in [9.17, 15) is 5.11 Å². The van der Waals surface area contributed by atoms with Gasteiger partial charge in [-0.15, -0.1) is 0 Å². The molecule has 0 saturated carbocycles. The second kappa shape index (κ2) is 8.25. The second-order valence-electron chi connectivity index (χ2n) is 6.09. The lowest BCUT2D eigenvalue weighted by molar-refractivity contribution is -0.909. The number of aliphatic hydroxyl groups is 1. The predicted molar refractivity (Wildman–Crippen MR) is 85.0 cm³/mol. The summed E-state index contributed by atoms with van der Waals surface area (Å²) in [6.45, 7) is 5.54. The first-order valence-electron chi connectivity index (χ1n) is 7.99. The first-order chi connectivity index (χ1) is 10.6. The average molecular weight is 310 g/mol. The summed E-state index contributed by atoms with van der Waals surface area (Å²) in [5, 5.41) is 10.2. The maximum absolute atomic E-state index is 10.2. The number of hydrogen-bond acceptors (Lipinski definition) is 4. The van der Waals surface area contributed by atoms with E-state index in [2.05, 4.69) is 6.92 Å². The van der Waals surface area contributed by atoms with Crippen LogP contribution in [0, 0.1) is 5.92 Å². The van der Waals surface area contributed by atoms with E-state index < -0.39 is 6.10 Å². The summed E-state index contributed by atoms with van der Waals surface area (Å²) in [4.78, 5) is 1.46. The molecule has 1 atom stereocenters. The molecule has 1 aromatic rings. The van der Waals surface area contributed by atoms with Gasteiger partial charge in [-0.2, -0.15) is 0 Å². The van der Waals surface area contributed by atoms with Crippen LogP contribution in [0.1, 0.15) is 19.8 Å². The van der Waals surface area contributed by atoms with E-state index >= 15 is 0 Å². The maximum atomic E-state index is 10.2. The number of aliphatic hydroxyl groups excluding tert-OH is 1. The Hall–Kier alpha value is -1.46. The molecular formula is C17H28NO4+. The molecule has 5 heteroatoms. The normalized spacial score (nSPS) is 22.9. The van der Waals surface area contributed by atoms with Gasteiger partial charge in [0.2, 0.25) is 5.75 Å². The molecule has 22 heavy (non-hydrogen) atoms. The number of ether oxygens (including phenoxy) is 3. The minimum absolute atomic E-state index is 0.246. The predicted octanol–water partition coefficient (Wildman–Crippen LogP) is 0.758. The number of methoxy groups -OCH3 is 2. The Kier molecular flexibility index (Phi) is 6.34. The van der Waals surface area contributed by atoms with Crippen molar-refractivity contribution < 1.29 is 24.2 Å². The molecule has 2 N–H and O–H groups in total. The fourth-order valence-corrected chi connectivity index (χ4v) is 2.91. The number of likely N-dealkylation sites (tertiary alicyclic amines) is 1. The van der Waals surface area contributed by atoms with Gasteiger partial charge < -0.3 is 24.2 Å². The highest BCUT2D eigenvalue weighted by molar-refractivity contribution is 5.51. The van der Waals surface area contributed by atoms with Crippen molar-refractivity contribution in [1.29, 1.82) is 0 Å². The zero-order chi connectivity index (χ0) is 15.9. The van der Waals surface area contributed by atoms with Crippen LogP contribution in [-0.4, -0.2) is 51.7 Å². The quantitative estimate of drug-likeness (QED) is 0.781. The summed E-state index contributed by atoms with van der Waals surface area (Å²) < 4.78 is 16.3. The van der Waals surface area contributed by atoms with Crippen molar-refractivity contribution in [2.75, 3.05) is 40.5 Å². The van der Waals surface area contributed by atoms with Crippen molar-refractivity contribution in [3.05, 3.63) is 18.2 Å². The van der Waals surface area contributed by atoms with Crippen LogP contribution in [-0.2, 0) is 0 Å². The number of nitrogens with one attached hydrogen (secondary N) is 1. The third-order valence-corrected chi connectivity index (χ3v) is 4.31. The molecule has 1 fully saturated rings. The van der Waals surface area contributed by atoms with Crippen LogP contribution >= 0.6 is 0 Å². The largest absolute Gasteiger partial charge is 0.493 e. The van der Waals surface area contributed by atoms with E-state index in [1.165, 1.54) is 17.7 Å². The van der Waals surface area contributed by atoms with Gasteiger partial charge in [0.15, 0.2) is 11.5 Å². The monoisotopic (exact) mass is 310 g/mol. The van der Waals surface area contributed by atoms with Gasteiger partial charge in [-0.25, -0.2) is 0 Å². The lowest BCUT2D eigenvalue weighted by Gasteiger charge is -2.28. The highest BCUT2D eigenvalue weighted by Gasteiger charge is 2.22. The molecule has 1 saturated heterocycles. The van der Waals surface area contributed by atoms with Gasteiger partial charge in [-0.3, -0.25) is 0 Å². The number of hydrogen-bond donors (Lipinski definition) is 2. The Morgan fingerprint density at radius 2 is 1.77 bits per heavy atom. The Morgan fingerprint density at radius 1 is 1.18 bits per heavy atom. The van der Waals surface area contributed by atoms with Gasteiger partial charge in [0.25, 0.3) is 0 Å². The van der Waals surface area contributed by atoms with Crippen LogP contribution in [0.5, 0.6) is 17.2 Å². The fourth-order valence-electron chi connectivity index (χ4n) is 2.91. The molecule has 1 aliphatic rings. The molecule has 0 unspecified atom stereocenters. The summed E-state index contributed by atoms with van der Waals surface area (Å²) in [6, 6.07) is 5.49. The molecule has 0 aliphatic carbocycles. The first kappa shape index (κ1) is 16.9. The molecule has 0 bridgehead atoms. The van der Waals surface area contributed by atoms with Gasteiger partial charge in [-0.1, -0.05) is 13.0 Å². The van der Waals surface area contributed by atoms with Crippen molar-refractivity contribution in [1.82, 2.24) is 0 Å². The Bertz CT molecular complexity index is 436. The van der Waals surface area contributed by atoms with E-state index in [0.717, 1.165) is 25.6 Å². The van der Waals surface area contributed by atoms with Crippen molar-refractivity contribution in [3.8, 4) is 17.2 Å². The topological polar surface area (TPSA) is 52.4 Å². The number of para-hydroxylation sites is 1. The summed E-state index contributed by atoms with van der Waals surface area (Å²) in [6.07, 6.45) is 1.99. The third-order valence-electron chi connectivity index (χ3n) is 4.31. The molecule has 1 heterocycles. The minimum Gasteiger partial charge on any atom is -0.493 e. The van der Waals surface area contributed by atoms with E-state index in [0.29, 0.717) is 17.2 Å². The smallest absolute Gasteiger partial charge is 0.203 e. The molecular weight excluding hydrogens is 282 g/mol. The summed E-state index contributed by atoms with van der Waals surface area (Å²) in [7, 11) is 3.19. The third kappa shape index (κ3) is 4.52. The van der Waals surface area contributed by atoms with Crippen LogP contribution in [0.15, 0.2) is 18.2 Å². The Labute approximate surface area is 132 Å². The lowest BCUT2D eigenvalue weighted by Crippen LogP contribution is -3.14. The molecule has 5 nitrogen and oxygen atoms in total. The molecule has 2 rings (SSSR count). The van der Waals surface area contributed by atoms with E-state index in [4.69, 9.17) is 14.2 Å². The van der Waals surface area contributed by atoms with E-state index in [1.807, 2.05) is 18.2 Å². The van der Waals surface area contributed by atoms with Gasteiger partial charge in [-0.05, 0) is 30.9 Å². The average Bonchev–Trinajstić information content (AvgIpc) is 2.54. The van der Waals surface area contributed by atoms with Gasteiger partial charge in [0.05, 0.1) is 27.3 Å². The zero-order valence-corrected chi connectivity index (χ0v) is 13.8. The highest BCUT2D eigenvalue weighted by atomic mass is 16.5. The maximum Gasteiger partial charge on any atom is 0.203 e. The van der Waals surface area contributed by atoms with Crippen LogP contribution < -0.4 is 19.1 Å². The van der Waals surface area contributed by atoms with Crippen LogP contribution in [0.2, 0.25) is 0 Å². The van der Waals surface area contributed by atoms with Crippen LogP contribution in [0.3, 0.4) is 0 Å². The Balaban J connectivity index is 1.87. The van der Waals surface area contributed by atoms with Crippen molar-refractivity contribution >= 4 is 0 Å². The van der Waals surface area contributed by atoms with Gasteiger partial charge >= 0.3 is 0 Å². The van der Waals surface area contributed by atoms with Gasteiger partial charge in [0, 0.05) is 0 Å². The first-order valence-corrected chi connectivity index (χ1v) is 7.99. The Morgan fingerprint density at radius 3 is 2.32 bits per heavy atom. The van der Waals surface area contributed by atoms with Crippen molar-refractivity contribution in [3.63, 3.8) is 0 Å². The number of rotatable bonds is 7. The molecule has 0 spiro atoms. The fraction of sp³-hybridized carbons (Fsp3) is 0.647. The van der Waals surface area contributed by atoms with Crippen LogP contribution in [0.4, 0.5) is 0 Å². The molecule has 0 aromatic heterocycles. The standard InChI is InChI=1S/C17H27NO4/c1-13-7-9-18(10-8-13)11-14(19)12-22-17-15(20-2)5-4-6-16(17)21-3/h4-6,13-14,19H,7-12H2,1-3H3/p+1/t14-/m0/s1. The summed E-state index contributed by atoms with van der Waals surface area (Å²) in [5.74, 6) is 2.60. The number of benzene rings is 1. The molecule has 1 aliphatic heterocycles. The summed E-state index contributed by atoms with van der Waals surface area (Å²) in [5.41, 5.74) is 0. The highest BCUT2D eigenvalue weighted by Crippen LogP contribution is 2.36. The lowest BCUT2D eigenvalue weighted by atomic mass is 9.99. The van der Waals surface area contributed by atoms with Crippen molar-refractivity contribution in [2.45, 2.75) is 25.9 Å². The van der Waals surface area contributed by atoms with Gasteiger partial charge in [0.1, 0.15) is 19.3 Å². The molecule has 0 amide bonds. The molecule has 1 aromatic carbocycles.